The third kappa shape index (κ3) is 4.60. The van der Waals surface area contributed by atoms with Crippen LogP contribution >= 0.6 is 23.2 Å². The second-order valence-electron chi connectivity index (χ2n) is 7.30. The summed E-state index contributed by atoms with van der Waals surface area (Å²) in [7, 11) is 2.23. The first-order valence-corrected chi connectivity index (χ1v) is 9.82. The van der Waals surface area contributed by atoms with Crippen molar-refractivity contribution in [1.29, 1.82) is 0 Å². The molecule has 0 aromatic heterocycles. The minimum atomic E-state index is -0.566. The van der Waals surface area contributed by atoms with Crippen molar-refractivity contribution in [3.8, 4) is 5.75 Å². The second-order valence-corrected chi connectivity index (χ2v) is 8.12. The van der Waals surface area contributed by atoms with Crippen molar-refractivity contribution in [3.05, 3.63) is 28.2 Å². The predicted molar refractivity (Wildman–Crippen MR) is 101 cm³/mol. The lowest BCUT2D eigenvalue weighted by Crippen LogP contribution is -2.51. The normalized spacial score (nSPS) is 28.1. The SMILES string of the molecule is CC(Oc1ccc(Cl)c(Cl)c1)C(=O)NC1CCC2C(CCCN2C)C1. The molecular formula is C19H26Cl2N2O2. The molecule has 1 aromatic carbocycles. The average molecular weight is 385 g/mol. The zero-order chi connectivity index (χ0) is 18.0. The van der Waals surface area contributed by atoms with Crippen LogP contribution in [0.15, 0.2) is 18.2 Å². The molecule has 1 aromatic rings. The summed E-state index contributed by atoms with van der Waals surface area (Å²) in [5, 5.41) is 4.07. The van der Waals surface area contributed by atoms with Gasteiger partial charge in [-0.05, 0) is 70.7 Å². The summed E-state index contributed by atoms with van der Waals surface area (Å²) in [6, 6.07) is 5.97. The Labute approximate surface area is 159 Å². The molecule has 6 heteroatoms. The van der Waals surface area contributed by atoms with Crippen molar-refractivity contribution in [2.75, 3.05) is 13.6 Å². The number of carbonyl (C=O) groups is 1. The number of carbonyl (C=O) groups excluding carboxylic acids is 1. The molecule has 1 heterocycles. The van der Waals surface area contributed by atoms with Gasteiger partial charge >= 0.3 is 0 Å². The van der Waals surface area contributed by atoms with Gasteiger partial charge in [0, 0.05) is 18.2 Å². The number of fused-ring (bicyclic) bond motifs is 1. The monoisotopic (exact) mass is 384 g/mol. The number of amides is 1. The number of halogens is 2. The number of rotatable bonds is 4. The Hall–Kier alpha value is -0.970. The molecule has 3 rings (SSSR count). The summed E-state index contributed by atoms with van der Waals surface area (Å²) in [5.74, 6) is 1.18. The molecule has 0 spiro atoms. The van der Waals surface area contributed by atoms with Gasteiger partial charge in [-0.3, -0.25) is 4.79 Å². The Bertz CT molecular complexity index is 625. The van der Waals surface area contributed by atoms with E-state index in [4.69, 9.17) is 27.9 Å². The predicted octanol–water partition coefficient (Wildman–Crippen LogP) is 4.14. The first-order valence-electron chi connectivity index (χ1n) is 9.06. The lowest BCUT2D eigenvalue weighted by Gasteiger charge is -2.44. The molecule has 1 aliphatic heterocycles. The van der Waals surface area contributed by atoms with Crippen molar-refractivity contribution < 1.29 is 9.53 Å². The fraction of sp³-hybridized carbons (Fsp3) is 0.632. The largest absolute Gasteiger partial charge is 0.481 e. The van der Waals surface area contributed by atoms with Crippen molar-refractivity contribution >= 4 is 29.1 Å². The summed E-state index contributed by atoms with van der Waals surface area (Å²) in [4.78, 5) is 15.0. The number of hydrogen-bond acceptors (Lipinski definition) is 3. The average Bonchev–Trinajstić information content (AvgIpc) is 2.58. The molecule has 1 saturated carbocycles. The third-order valence-electron chi connectivity index (χ3n) is 5.51. The van der Waals surface area contributed by atoms with Gasteiger partial charge in [-0.25, -0.2) is 0 Å². The lowest BCUT2D eigenvalue weighted by molar-refractivity contribution is -0.128. The molecule has 138 valence electrons. The molecule has 4 atom stereocenters. The van der Waals surface area contributed by atoms with Crippen molar-refractivity contribution in [2.45, 2.75) is 57.2 Å². The van der Waals surface area contributed by atoms with E-state index in [0.717, 1.165) is 19.3 Å². The summed E-state index contributed by atoms with van der Waals surface area (Å²) < 4.78 is 5.71. The molecule has 0 bridgehead atoms. The maximum atomic E-state index is 12.5. The highest BCUT2D eigenvalue weighted by atomic mass is 35.5. The van der Waals surface area contributed by atoms with Crippen LogP contribution in [0.5, 0.6) is 5.75 Å². The Balaban J connectivity index is 1.52. The van der Waals surface area contributed by atoms with E-state index in [1.54, 1.807) is 25.1 Å². The fourth-order valence-electron chi connectivity index (χ4n) is 4.16. The minimum Gasteiger partial charge on any atom is -0.481 e. The van der Waals surface area contributed by atoms with E-state index >= 15 is 0 Å². The highest BCUT2D eigenvalue weighted by Crippen LogP contribution is 2.34. The summed E-state index contributed by atoms with van der Waals surface area (Å²) in [6.07, 6.45) is 5.24. The number of ether oxygens (including phenoxy) is 1. The second kappa shape index (κ2) is 8.15. The first kappa shape index (κ1) is 18.8. The van der Waals surface area contributed by atoms with E-state index < -0.39 is 6.10 Å². The van der Waals surface area contributed by atoms with Crippen LogP contribution in [0.3, 0.4) is 0 Å². The van der Waals surface area contributed by atoms with Crippen LogP contribution in [0, 0.1) is 5.92 Å². The van der Waals surface area contributed by atoms with Crippen LogP contribution in [-0.2, 0) is 4.79 Å². The highest BCUT2D eigenvalue weighted by Gasteiger charge is 2.35. The number of nitrogens with zero attached hydrogens (tertiary/aromatic N) is 1. The molecule has 4 unspecified atom stereocenters. The van der Waals surface area contributed by atoms with Crippen LogP contribution in [0.1, 0.15) is 39.0 Å². The summed E-state index contributed by atoms with van der Waals surface area (Å²) in [5.41, 5.74) is 0. The van der Waals surface area contributed by atoms with Gasteiger partial charge < -0.3 is 15.0 Å². The molecule has 0 radical (unpaired) electrons. The Morgan fingerprint density at radius 1 is 1.28 bits per heavy atom. The Morgan fingerprint density at radius 3 is 2.84 bits per heavy atom. The fourth-order valence-corrected chi connectivity index (χ4v) is 4.45. The van der Waals surface area contributed by atoms with Gasteiger partial charge in [-0.15, -0.1) is 0 Å². The smallest absolute Gasteiger partial charge is 0.260 e. The molecule has 1 aliphatic carbocycles. The number of piperidine rings is 1. The molecule has 1 N–H and O–H groups in total. The van der Waals surface area contributed by atoms with Gasteiger partial charge in [0.15, 0.2) is 6.10 Å². The van der Waals surface area contributed by atoms with E-state index in [9.17, 15) is 4.79 Å². The minimum absolute atomic E-state index is 0.0707. The first-order chi connectivity index (χ1) is 11.9. The van der Waals surface area contributed by atoms with Crippen LogP contribution < -0.4 is 10.1 Å². The number of nitrogens with one attached hydrogen (secondary N) is 1. The Kier molecular flexibility index (Phi) is 6.13. The van der Waals surface area contributed by atoms with E-state index in [1.165, 1.54) is 19.4 Å². The zero-order valence-electron chi connectivity index (χ0n) is 14.8. The third-order valence-corrected chi connectivity index (χ3v) is 6.25. The van der Waals surface area contributed by atoms with E-state index in [2.05, 4.69) is 17.3 Å². The molecule has 2 fully saturated rings. The van der Waals surface area contributed by atoms with Crippen molar-refractivity contribution in [1.82, 2.24) is 10.2 Å². The van der Waals surface area contributed by atoms with E-state index in [1.807, 2.05) is 0 Å². The van der Waals surface area contributed by atoms with E-state index in [-0.39, 0.29) is 11.9 Å². The number of hydrogen-bond donors (Lipinski definition) is 1. The van der Waals surface area contributed by atoms with Gasteiger partial charge in [-0.1, -0.05) is 23.2 Å². The van der Waals surface area contributed by atoms with Crippen LogP contribution in [-0.4, -0.2) is 42.6 Å². The lowest BCUT2D eigenvalue weighted by atomic mass is 9.76. The molecule has 25 heavy (non-hydrogen) atoms. The van der Waals surface area contributed by atoms with Gasteiger partial charge in [0.05, 0.1) is 10.0 Å². The van der Waals surface area contributed by atoms with Gasteiger partial charge in [0.2, 0.25) is 0 Å². The molecule has 4 nitrogen and oxygen atoms in total. The maximum absolute atomic E-state index is 12.5. The summed E-state index contributed by atoms with van der Waals surface area (Å²) >= 11 is 11.9. The Morgan fingerprint density at radius 2 is 2.08 bits per heavy atom. The van der Waals surface area contributed by atoms with Crippen molar-refractivity contribution in [2.24, 2.45) is 5.92 Å². The van der Waals surface area contributed by atoms with Gasteiger partial charge in [0.25, 0.3) is 5.91 Å². The molecule has 1 saturated heterocycles. The molecule has 2 aliphatic rings. The van der Waals surface area contributed by atoms with Crippen LogP contribution in [0.4, 0.5) is 0 Å². The zero-order valence-corrected chi connectivity index (χ0v) is 16.3. The summed E-state index contributed by atoms with van der Waals surface area (Å²) in [6.45, 7) is 2.96. The van der Waals surface area contributed by atoms with Crippen LogP contribution in [0.2, 0.25) is 10.0 Å². The topological polar surface area (TPSA) is 41.6 Å². The van der Waals surface area contributed by atoms with E-state index in [0.29, 0.717) is 27.8 Å². The number of benzene rings is 1. The molecule has 1 amide bonds. The maximum Gasteiger partial charge on any atom is 0.260 e. The number of likely N-dealkylation sites (tertiary alicyclic amines) is 1. The highest BCUT2D eigenvalue weighted by molar-refractivity contribution is 6.42. The van der Waals surface area contributed by atoms with Gasteiger partial charge in [-0.2, -0.15) is 0 Å². The van der Waals surface area contributed by atoms with Crippen LogP contribution in [0.25, 0.3) is 0 Å². The standard InChI is InChI=1S/C19H26Cl2N2O2/c1-12(25-15-6-7-16(20)17(21)11-15)19(24)22-14-5-8-18-13(10-14)4-3-9-23(18)2/h6-7,11-14,18H,3-5,8-10H2,1-2H3,(H,22,24). The van der Waals surface area contributed by atoms with Crippen molar-refractivity contribution in [3.63, 3.8) is 0 Å². The van der Waals surface area contributed by atoms with Gasteiger partial charge in [0.1, 0.15) is 5.75 Å². The molecular weight excluding hydrogens is 359 g/mol. The quantitative estimate of drug-likeness (QED) is 0.847.